The van der Waals surface area contributed by atoms with Gasteiger partial charge in [-0.2, -0.15) is 0 Å². The Morgan fingerprint density at radius 1 is 1.32 bits per heavy atom. The summed E-state index contributed by atoms with van der Waals surface area (Å²) in [4.78, 5) is 6.56. The van der Waals surface area contributed by atoms with Gasteiger partial charge in [-0.3, -0.25) is 4.99 Å². The summed E-state index contributed by atoms with van der Waals surface area (Å²) < 4.78 is 26.8. The highest BCUT2D eigenvalue weighted by molar-refractivity contribution is 14.0. The van der Waals surface area contributed by atoms with E-state index in [1.807, 2.05) is 6.92 Å². The Balaban J connectivity index is 0.00000312. The normalized spacial score (nSPS) is 16.6. The fourth-order valence-corrected chi connectivity index (χ4v) is 3.21. The molecule has 7 heteroatoms. The Kier molecular flexibility index (Phi) is 9.63. The van der Waals surface area contributed by atoms with E-state index in [0.29, 0.717) is 17.6 Å². The topological polar surface area (TPSA) is 39.7 Å². The minimum Gasteiger partial charge on any atom is -0.355 e. The second-order valence-corrected chi connectivity index (χ2v) is 6.45. The van der Waals surface area contributed by atoms with Gasteiger partial charge >= 0.3 is 0 Å². The van der Waals surface area contributed by atoms with Crippen LogP contribution in [-0.4, -0.2) is 44.1 Å². The zero-order valence-corrected chi connectivity index (χ0v) is 17.5. The Morgan fingerprint density at radius 2 is 2.00 bits per heavy atom. The van der Waals surface area contributed by atoms with Crippen LogP contribution >= 0.6 is 24.0 Å². The van der Waals surface area contributed by atoms with E-state index in [4.69, 9.17) is 0 Å². The average molecular weight is 466 g/mol. The minimum absolute atomic E-state index is 0. The van der Waals surface area contributed by atoms with E-state index in [1.165, 1.54) is 37.8 Å². The van der Waals surface area contributed by atoms with E-state index >= 15 is 0 Å². The van der Waals surface area contributed by atoms with E-state index in [1.54, 1.807) is 7.05 Å². The van der Waals surface area contributed by atoms with Crippen LogP contribution in [0.1, 0.15) is 44.2 Å². The van der Waals surface area contributed by atoms with Crippen molar-refractivity contribution < 1.29 is 8.78 Å². The molecule has 0 spiro atoms. The average Bonchev–Trinajstić information content (AvgIpc) is 3.08. The number of likely N-dealkylation sites (N-methyl/N-ethyl adjacent to an activating group) is 1. The molecule has 1 fully saturated rings. The summed E-state index contributed by atoms with van der Waals surface area (Å²) in [6.07, 6.45) is 5.22. The Morgan fingerprint density at radius 3 is 2.60 bits per heavy atom. The van der Waals surface area contributed by atoms with Crippen molar-refractivity contribution >= 4 is 29.9 Å². The number of aliphatic imine (C=N–C) groups is 1. The quantitative estimate of drug-likeness (QED) is 0.382. The van der Waals surface area contributed by atoms with Gasteiger partial charge in [0, 0.05) is 37.8 Å². The molecule has 0 radical (unpaired) electrons. The fraction of sp³-hybridized carbons (Fsp3) is 0.611. The number of hydrogen-bond donors (Lipinski definition) is 2. The van der Waals surface area contributed by atoms with Crippen molar-refractivity contribution in [1.82, 2.24) is 15.5 Å². The summed E-state index contributed by atoms with van der Waals surface area (Å²) in [7, 11) is 3.84. The van der Waals surface area contributed by atoms with Crippen LogP contribution in [0.5, 0.6) is 0 Å². The largest absolute Gasteiger partial charge is 0.355 e. The van der Waals surface area contributed by atoms with Crippen LogP contribution in [0, 0.1) is 11.6 Å². The van der Waals surface area contributed by atoms with Crippen molar-refractivity contribution in [2.75, 3.05) is 27.2 Å². The number of nitrogens with zero attached hydrogens (tertiary/aromatic N) is 2. The van der Waals surface area contributed by atoms with Crippen molar-refractivity contribution in [3.63, 3.8) is 0 Å². The van der Waals surface area contributed by atoms with Gasteiger partial charge in [0.1, 0.15) is 11.6 Å². The molecule has 1 aromatic carbocycles. The van der Waals surface area contributed by atoms with Gasteiger partial charge in [-0.15, -0.1) is 24.0 Å². The lowest BCUT2D eigenvalue weighted by Crippen LogP contribution is -2.43. The van der Waals surface area contributed by atoms with Crippen molar-refractivity contribution in [3.8, 4) is 0 Å². The number of rotatable bonds is 6. The first-order chi connectivity index (χ1) is 11.5. The number of benzene rings is 1. The third-order valence-electron chi connectivity index (χ3n) is 4.71. The summed E-state index contributed by atoms with van der Waals surface area (Å²) >= 11 is 0. The molecule has 4 nitrogen and oxygen atoms in total. The molecule has 1 atom stereocenters. The van der Waals surface area contributed by atoms with Crippen LogP contribution in [0.4, 0.5) is 8.78 Å². The van der Waals surface area contributed by atoms with Gasteiger partial charge in [0.05, 0.1) is 6.04 Å². The van der Waals surface area contributed by atoms with Crippen LogP contribution in [0.25, 0.3) is 0 Å². The Labute approximate surface area is 166 Å². The monoisotopic (exact) mass is 466 g/mol. The first kappa shape index (κ1) is 22.1. The minimum atomic E-state index is -0.569. The predicted octanol–water partition coefficient (Wildman–Crippen LogP) is 3.68. The van der Waals surface area contributed by atoms with Gasteiger partial charge in [0.15, 0.2) is 5.96 Å². The molecule has 1 aliphatic carbocycles. The summed E-state index contributed by atoms with van der Waals surface area (Å²) in [6.45, 7) is 3.53. The molecule has 0 bridgehead atoms. The summed E-state index contributed by atoms with van der Waals surface area (Å²) in [5.74, 6) is -0.502. The first-order valence-corrected chi connectivity index (χ1v) is 8.63. The van der Waals surface area contributed by atoms with Crippen LogP contribution in [0.2, 0.25) is 0 Å². The maximum Gasteiger partial charge on any atom is 0.191 e. The van der Waals surface area contributed by atoms with Crippen LogP contribution in [0.15, 0.2) is 23.2 Å². The first-order valence-electron chi connectivity index (χ1n) is 8.63. The molecule has 2 rings (SSSR count). The summed E-state index contributed by atoms with van der Waals surface area (Å²) in [6, 6.07) is 4.02. The number of hydrogen-bond acceptors (Lipinski definition) is 2. The maximum atomic E-state index is 13.8. The van der Waals surface area contributed by atoms with Crippen molar-refractivity contribution in [1.29, 1.82) is 0 Å². The van der Waals surface area contributed by atoms with Gasteiger partial charge < -0.3 is 15.5 Å². The molecule has 1 saturated carbocycles. The zero-order chi connectivity index (χ0) is 17.5. The van der Waals surface area contributed by atoms with E-state index < -0.39 is 11.6 Å². The highest BCUT2D eigenvalue weighted by atomic mass is 127. The van der Waals surface area contributed by atoms with E-state index in [9.17, 15) is 8.78 Å². The molecule has 0 saturated heterocycles. The lowest BCUT2D eigenvalue weighted by atomic mass is 10.1. The summed E-state index contributed by atoms with van der Waals surface area (Å²) in [5.41, 5.74) is 0.419. The van der Waals surface area contributed by atoms with Gasteiger partial charge in [0.25, 0.3) is 0 Å². The molecular formula is C18H29F2IN4. The van der Waals surface area contributed by atoms with Gasteiger partial charge in [-0.1, -0.05) is 18.9 Å². The van der Waals surface area contributed by atoms with E-state index in [-0.39, 0.29) is 30.0 Å². The van der Waals surface area contributed by atoms with Gasteiger partial charge in [-0.25, -0.2) is 8.78 Å². The lowest BCUT2D eigenvalue weighted by molar-refractivity contribution is 0.249. The number of nitrogens with one attached hydrogen (secondary N) is 2. The molecule has 0 heterocycles. The third-order valence-corrected chi connectivity index (χ3v) is 4.71. The van der Waals surface area contributed by atoms with Crippen LogP contribution < -0.4 is 10.6 Å². The molecule has 0 aliphatic heterocycles. The number of halogens is 3. The van der Waals surface area contributed by atoms with Gasteiger partial charge in [-0.05, 0) is 32.9 Å². The maximum absolute atomic E-state index is 13.8. The Hall–Kier alpha value is -0.960. The molecule has 25 heavy (non-hydrogen) atoms. The van der Waals surface area contributed by atoms with E-state index in [2.05, 4.69) is 27.6 Å². The van der Waals surface area contributed by atoms with Crippen molar-refractivity contribution in [2.24, 2.45) is 4.99 Å². The smallest absolute Gasteiger partial charge is 0.191 e. The third kappa shape index (κ3) is 6.69. The molecule has 142 valence electrons. The second-order valence-electron chi connectivity index (χ2n) is 6.45. The predicted molar refractivity (Wildman–Crippen MR) is 110 cm³/mol. The molecule has 0 aromatic heterocycles. The van der Waals surface area contributed by atoms with Crippen molar-refractivity contribution in [2.45, 2.75) is 44.7 Å². The Bertz CT molecular complexity index is 562. The van der Waals surface area contributed by atoms with E-state index in [0.717, 1.165) is 19.2 Å². The molecule has 1 aliphatic rings. The molecule has 0 amide bonds. The lowest BCUT2D eigenvalue weighted by Gasteiger charge is -2.25. The highest BCUT2D eigenvalue weighted by Gasteiger charge is 2.19. The van der Waals surface area contributed by atoms with Crippen LogP contribution in [0.3, 0.4) is 0 Å². The molecular weight excluding hydrogens is 437 g/mol. The van der Waals surface area contributed by atoms with Crippen LogP contribution in [-0.2, 0) is 0 Å². The van der Waals surface area contributed by atoms with Crippen molar-refractivity contribution in [3.05, 3.63) is 35.4 Å². The second kappa shape index (κ2) is 10.9. The standard InChI is InChI=1S/C18H28F2N4.HI/c1-13(16-9-8-14(19)12-17(16)20)23-18(21-2)22-10-11-24(3)15-6-4-5-7-15;/h8-9,12-13,15H,4-7,10-11H2,1-3H3,(H2,21,22,23);1H. The highest BCUT2D eigenvalue weighted by Crippen LogP contribution is 2.21. The molecule has 1 unspecified atom stereocenters. The number of guanidine groups is 1. The fourth-order valence-electron chi connectivity index (χ4n) is 3.21. The van der Waals surface area contributed by atoms with Gasteiger partial charge in [0.2, 0.25) is 0 Å². The SMILES string of the molecule is CN=C(NCCN(C)C1CCCC1)NC(C)c1ccc(F)cc1F.I. The summed E-state index contributed by atoms with van der Waals surface area (Å²) in [5, 5.41) is 6.40. The molecule has 2 N–H and O–H groups in total. The molecule has 1 aromatic rings. The zero-order valence-electron chi connectivity index (χ0n) is 15.2.